The van der Waals surface area contributed by atoms with Crippen molar-refractivity contribution in [3.8, 4) is 0 Å². The van der Waals surface area contributed by atoms with Gasteiger partial charge in [-0.05, 0) is 38.5 Å². The van der Waals surface area contributed by atoms with Crippen LogP contribution in [0.1, 0.15) is 19.4 Å². The molecule has 2 N–H and O–H groups in total. The number of aliphatic imine (C=N–C) groups is 1. The second-order valence-corrected chi connectivity index (χ2v) is 7.18. The molecule has 27 heavy (non-hydrogen) atoms. The molecule has 3 aliphatic rings. The van der Waals surface area contributed by atoms with Gasteiger partial charge in [-0.3, -0.25) is 15.0 Å². The van der Waals surface area contributed by atoms with Crippen molar-refractivity contribution in [2.24, 2.45) is 4.99 Å². The number of allylic oxidation sites excluding steroid dienone is 2. The van der Waals surface area contributed by atoms with Crippen LogP contribution < -0.4 is 10.6 Å². The number of carbonyl (C=O) groups excluding carboxylic acids is 2. The van der Waals surface area contributed by atoms with E-state index in [1.807, 2.05) is 30.9 Å². The quantitative estimate of drug-likeness (QED) is 0.842. The standard InChI is InChI=1S/C19H24N6O2/c1-11-6-5-7-14(10-11)20-8-9-24-12(2)13(3)25-15-16(21-18(24)25)23(4)19(27)22-17(15)26/h5-7,10,15-16,20H,8-9H2,1-4H3,(H,22,26,27). The molecule has 0 aliphatic carbocycles. The average Bonchev–Trinajstić information content (AvgIpc) is 3.12. The zero-order valence-corrected chi connectivity index (χ0v) is 16.0. The summed E-state index contributed by atoms with van der Waals surface area (Å²) in [5.41, 5.74) is 4.36. The van der Waals surface area contributed by atoms with Crippen LogP contribution in [0.3, 0.4) is 0 Å². The van der Waals surface area contributed by atoms with Gasteiger partial charge in [0.25, 0.3) is 5.91 Å². The molecule has 2 atom stereocenters. The minimum absolute atomic E-state index is 0.297. The third-order valence-corrected chi connectivity index (χ3v) is 5.45. The first-order valence-corrected chi connectivity index (χ1v) is 9.08. The number of benzene rings is 1. The Morgan fingerprint density at radius 3 is 2.70 bits per heavy atom. The summed E-state index contributed by atoms with van der Waals surface area (Å²) >= 11 is 0. The Morgan fingerprint density at radius 1 is 1.19 bits per heavy atom. The van der Waals surface area contributed by atoms with Gasteiger partial charge in [0.2, 0.25) is 5.96 Å². The van der Waals surface area contributed by atoms with Gasteiger partial charge in [-0.25, -0.2) is 9.79 Å². The van der Waals surface area contributed by atoms with E-state index in [1.165, 1.54) is 10.5 Å². The van der Waals surface area contributed by atoms with Crippen molar-refractivity contribution >= 4 is 23.6 Å². The molecular weight excluding hydrogens is 344 g/mol. The molecule has 2 unspecified atom stereocenters. The lowest BCUT2D eigenvalue weighted by Gasteiger charge is -2.35. The maximum absolute atomic E-state index is 12.4. The summed E-state index contributed by atoms with van der Waals surface area (Å²) in [7, 11) is 1.67. The monoisotopic (exact) mass is 368 g/mol. The number of guanidine groups is 1. The van der Waals surface area contributed by atoms with E-state index in [1.54, 1.807) is 7.05 Å². The normalized spacial score (nSPS) is 24.1. The summed E-state index contributed by atoms with van der Waals surface area (Å²) < 4.78 is 0. The number of fused-ring (bicyclic) bond motifs is 3. The molecule has 3 amide bonds. The molecule has 1 aromatic rings. The first kappa shape index (κ1) is 17.4. The van der Waals surface area contributed by atoms with E-state index in [-0.39, 0.29) is 5.91 Å². The second kappa shape index (κ2) is 6.29. The highest BCUT2D eigenvalue weighted by Crippen LogP contribution is 2.35. The molecule has 3 aliphatic heterocycles. The van der Waals surface area contributed by atoms with Crippen LogP contribution in [0, 0.1) is 6.92 Å². The highest BCUT2D eigenvalue weighted by atomic mass is 16.2. The van der Waals surface area contributed by atoms with Crippen LogP contribution >= 0.6 is 0 Å². The Morgan fingerprint density at radius 2 is 1.96 bits per heavy atom. The van der Waals surface area contributed by atoms with Crippen LogP contribution in [-0.4, -0.2) is 64.9 Å². The van der Waals surface area contributed by atoms with Crippen LogP contribution in [0.2, 0.25) is 0 Å². The minimum atomic E-state index is -0.507. The van der Waals surface area contributed by atoms with Crippen molar-refractivity contribution in [2.45, 2.75) is 33.0 Å². The van der Waals surface area contributed by atoms with Crippen molar-refractivity contribution in [1.29, 1.82) is 0 Å². The largest absolute Gasteiger partial charge is 0.383 e. The summed E-state index contributed by atoms with van der Waals surface area (Å²) in [6.07, 6.45) is -0.489. The maximum Gasteiger partial charge on any atom is 0.325 e. The highest BCUT2D eigenvalue weighted by molar-refractivity contribution is 6.05. The molecule has 0 saturated carbocycles. The molecule has 4 rings (SSSR count). The number of imide groups is 1. The van der Waals surface area contributed by atoms with Gasteiger partial charge >= 0.3 is 6.03 Å². The van der Waals surface area contributed by atoms with Crippen molar-refractivity contribution in [1.82, 2.24) is 20.0 Å². The number of amides is 3. The van der Waals surface area contributed by atoms with Gasteiger partial charge in [-0.1, -0.05) is 12.1 Å². The molecule has 0 radical (unpaired) electrons. The van der Waals surface area contributed by atoms with E-state index in [9.17, 15) is 9.59 Å². The third kappa shape index (κ3) is 2.72. The first-order valence-electron chi connectivity index (χ1n) is 9.08. The molecule has 1 aromatic carbocycles. The number of anilines is 1. The van der Waals surface area contributed by atoms with Crippen LogP contribution in [0.4, 0.5) is 10.5 Å². The van der Waals surface area contributed by atoms with Crippen molar-refractivity contribution in [2.75, 3.05) is 25.5 Å². The number of urea groups is 1. The van der Waals surface area contributed by atoms with Crippen LogP contribution in [0.25, 0.3) is 0 Å². The summed E-state index contributed by atoms with van der Waals surface area (Å²) in [6.45, 7) is 7.54. The Hall–Kier alpha value is -3.03. The molecule has 3 heterocycles. The number of nitrogens with one attached hydrogen (secondary N) is 2. The summed E-state index contributed by atoms with van der Waals surface area (Å²) in [6, 6.07) is 7.34. The number of likely N-dealkylation sites (N-methyl/N-ethyl adjacent to an activating group) is 1. The SMILES string of the molecule is CC1=C(C)N2C(=NC3C2C(=O)NC(=O)N3C)N1CCNc1cccc(C)c1. The van der Waals surface area contributed by atoms with Crippen molar-refractivity contribution < 1.29 is 9.59 Å². The lowest BCUT2D eigenvalue weighted by atomic mass is 10.1. The topological polar surface area (TPSA) is 80.3 Å². The van der Waals surface area contributed by atoms with E-state index in [0.29, 0.717) is 6.54 Å². The van der Waals surface area contributed by atoms with Crippen LogP contribution in [0.5, 0.6) is 0 Å². The Labute approximate surface area is 158 Å². The predicted molar refractivity (Wildman–Crippen MR) is 103 cm³/mol. The molecule has 8 nitrogen and oxygen atoms in total. The highest BCUT2D eigenvalue weighted by Gasteiger charge is 2.52. The van der Waals surface area contributed by atoms with Gasteiger partial charge in [-0.15, -0.1) is 0 Å². The van der Waals surface area contributed by atoms with Crippen LogP contribution in [0.15, 0.2) is 40.7 Å². The fraction of sp³-hybridized carbons (Fsp3) is 0.421. The Bertz CT molecular complexity index is 877. The average molecular weight is 368 g/mol. The maximum atomic E-state index is 12.4. The number of hydrogen-bond donors (Lipinski definition) is 2. The number of carbonyl (C=O) groups is 2. The molecule has 8 heteroatoms. The Kier molecular flexibility index (Phi) is 4.05. The van der Waals surface area contributed by atoms with Gasteiger partial charge in [0.05, 0.1) is 0 Å². The third-order valence-electron chi connectivity index (χ3n) is 5.45. The lowest BCUT2D eigenvalue weighted by Crippen LogP contribution is -2.63. The van der Waals surface area contributed by atoms with E-state index in [2.05, 4.69) is 34.6 Å². The fourth-order valence-corrected chi connectivity index (χ4v) is 3.86. The number of aryl methyl sites for hydroxylation is 1. The first-order chi connectivity index (χ1) is 12.9. The number of nitrogens with zero attached hydrogens (tertiary/aromatic N) is 4. The Balaban J connectivity index is 1.52. The zero-order valence-electron chi connectivity index (χ0n) is 16.0. The minimum Gasteiger partial charge on any atom is -0.383 e. The van der Waals surface area contributed by atoms with E-state index < -0.39 is 18.2 Å². The molecular formula is C19H24N6O2. The van der Waals surface area contributed by atoms with Gasteiger partial charge in [-0.2, -0.15) is 0 Å². The zero-order chi connectivity index (χ0) is 19.3. The van der Waals surface area contributed by atoms with Crippen molar-refractivity contribution in [3.63, 3.8) is 0 Å². The molecule has 0 spiro atoms. The van der Waals surface area contributed by atoms with E-state index >= 15 is 0 Å². The summed E-state index contributed by atoms with van der Waals surface area (Å²) in [5, 5.41) is 5.85. The van der Waals surface area contributed by atoms with E-state index in [4.69, 9.17) is 4.99 Å². The predicted octanol–water partition coefficient (Wildman–Crippen LogP) is 1.52. The van der Waals surface area contributed by atoms with E-state index in [0.717, 1.165) is 29.6 Å². The second-order valence-electron chi connectivity index (χ2n) is 7.18. The van der Waals surface area contributed by atoms with Crippen molar-refractivity contribution in [3.05, 3.63) is 41.2 Å². The smallest absolute Gasteiger partial charge is 0.325 e. The number of rotatable bonds is 4. The van der Waals surface area contributed by atoms with Gasteiger partial charge in [0.15, 0.2) is 12.2 Å². The fourth-order valence-electron chi connectivity index (χ4n) is 3.86. The van der Waals surface area contributed by atoms with Gasteiger partial charge < -0.3 is 15.1 Å². The number of hydrogen-bond acceptors (Lipinski definition) is 6. The molecule has 1 saturated heterocycles. The summed E-state index contributed by atoms with van der Waals surface area (Å²) in [4.78, 5) is 34.6. The molecule has 142 valence electrons. The molecule has 0 bridgehead atoms. The van der Waals surface area contributed by atoms with Gasteiger partial charge in [0.1, 0.15) is 0 Å². The van der Waals surface area contributed by atoms with Crippen LogP contribution in [-0.2, 0) is 4.79 Å². The lowest BCUT2D eigenvalue weighted by molar-refractivity contribution is -0.126. The molecule has 0 aromatic heterocycles. The summed E-state index contributed by atoms with van der Waals surface area (Å²) in [5.74, 6) is 0.441. The molecule has 1 fully saturated rings. The van der Waals surface area contributed by atoms with Gasteiger partial charge in [0, 0.05) is 37.2 Å².